The van der Waals surface area contributed by atoms with Gasteiger partial charge in [0.25, 0.3) is 17.4 Å². The number of methoxy groups -OCH3 is 1. The van der Waals surface area contributed by atoms with Gasteiger partial charge in [-0.1, -0.05) is 41.4 Å². The van der Waals surface area contributed by atoms with Crippen LogP contribution in [0.5, 0.6) is 5.88 Å². The second-order valence-corrected chi connectivity index (χ2v) is 17.6. The number of anilines is 3. The van der Waals surface area contributed by atoms with E-state index in [1.165, 1.54) is 39.9 Å². The number of amides is 5. The molecule has 3 aliphatic rings. The van der Waals surface area contributed by atoms with Gasteiger partial charge >= 0.3 is 0 Å². The zero-order valence-corrected chi connectivity index (χ0v) is 38.3. The molecule has 0 saturated carbocycles. The third-order valence-electron chi connectivity index (χ3n) is 12.2. The van der Waals surface area contributed by atoms with Crippen molar-refractivity contribution < 1.29 is 28.7 Å². The molecule has 3 aromatic heterocycles. The molecule has 17 nitrogen and oxygen atoms in total. The van der Waals surface area contributed by atoms with Crippen LogP contribution in [0.1, 0.15) is 76.4 Å². The molecule has 5 aromatic rings. The second kappa shape index (κ2) is 18.1. The molecule has 8 rings (SSSR count). The van der Waals surface area contributed by atoms with Gasteiger partial charge in [0.2, 0.25) is 24.1 Å². The van der Waals surface area contributed by atoms with E-state index in [9.17, 15) is 28.8 Å². The monoisotopic (exact) mass is 922 g/mol. The van der Waals surface area contributed by atoms with E-state index in [1.807, 2.05) is 36.6 Å². The van der Waals surface area contributed by atoms with Gasteiger partial charge < -0.3 is 28.6 Å². The predicted molar refractivity (Wildman–Crippen MR) is 246 cm³/mol. The summed E-state index contributed by atoms with van der Waals surface area (Å²) in [4.78, 5) is 97.0. The van der Waals surface area contributed by atoms with Crippen LogP contribution in [0.15, 0.2) is 71.8 Å². The standard InChI is InChI=1S/C46H48Cl2N10O7/c1-26(2)57-40-38(46(64)58(36-21-31(48)24-52(3)45(36)63)39(40)28-8-10-30(47)11-9-28)51-41(57)32-20-29(22-49-43(32)65-6)44(62)56-17-15-55(16-18-56)23-27-7-12-33(35(19-27)53(4)25-59)54(5)34-13-14-37(60)50-42(34)61/h7-12,19-22,24-26,34,39H,13-18,23H2,1-6H3,(H,50,60,61). The molecule has 3 aliphatic heterocycles. The number of pyridine rings is 2. The molecular weight excluding hydrogens is 875 g/mol. The first kappa shape index (κ1) is 45.0. The molecule has 19 heteroatoms. The van der Waals surface area contributed by atoms with E-state index < -0.39 is 23.6 Å². The first-order valence-electron chi connectivity index (χ1n) is 21.1. The van der Waals surface area contributed by atoms with E-state index in [0.717, 1.165) is 5.56 Å². The van der Waals surface area contributed by atoms with Gasteiger partial charge in [-0.15, -0.1) is 0 Å². The van der Waals surface area contributed by atoms with Crippen LogP contribution in [-0.4, -0.2) is 112 Å². The summed E-state index contributed by atoms with van der Waals surface area (Å²) in [5.74, 6) is -0.823. The molecule has 6 heterocycles. The van der Waals surface area contributed by atoms with Crippen LogP contribution >= 0.6 is 23.2 Å². The van der Waals surface area contributed by atoms with Gasteiger partial charge in [0.15, 0.2) is 5.69 Å². The summed E-state index contributed by atoms with van der Waals surface area (Å²) >= 11 is 12.8. The maximum absolute atomic E-state index is 14.6. The maximum Gasteiger partial charge on any atom is 0.279 e. The quantitative estimate of drug-likeness (QED) is 0.131. The predicted octanol–water partition coefficient (Wildman–Crippen LogP) is 5.08. The highest BCUT2D eigenvalue weighted by Gasteiger charge is 2.46. The molecule has 2 aromatic carbocycles. The number of imide groups is 1. The van der Waals surface area contributed by atoms with E-state index in [4.69, 9.17) is 32.9 Å². The van der Waals surface area contributed by atoms with Crippen molar-refractivity contribution in [3.63, 3.8) is 0 Å². The molecule has 2 atom stereocenters. The Balaban J connectivity index is 1.05. The molecule has 0 spiro atoms. The number of fused-ring (bicyclic) bond motifs is 1. The van der Waals surface area contributed by atoms with Gasteiger partial charge in [-0.05, 0) is 67.8 Å². The Bertz CT molecular complexity index is 2780. The minimum absolute atomic E-state index is 0.0924. The number of nitrogens with zero attached hydrogens (tertiary/aromatic N) is 9. The van der Waals surface area contributed by atoms with E-state index in [2.05, 4.69) is 15.2 Å². The summed E-state index contributed by atoms with van der Waals surface area (Å²) in [7, 11) is 6.48. The lowest BCUT2D eigenvalue weighted by Crippen LogP contribution is -2.51. The summed E-state index contributed by atoms with van der Waals surface area (Å²) < 4.78 is 8.99. The minimum atomic E-state index is -0.792. The number of piperazine rings is 1. The first-order valence-corrected chi connectivity index (χ1v) is 21.9. The number of hydrogen-bond acceptors (Lipinski definition) is 11. The number of aromatic nitrogens is 4. The van der Waals surface area contributed by atoms with Gasteiger partial charge in [0.05, 0.1) is 40.3 Å². The topological polar surface area (TPSA) is 176 Å². The lowest BCUT2D eigenvalue weighted by atomic mass is 10.0. The molecule has 2 unspecified atom stereocenters. The van der Waals surface area contributed by atoms with E-state index in [-0.39, 0.29) is 52.5 Å². The third kappa shape index (κ3) is 8.46. The lowest BCUT2D eigenvalue weighted by Gasteiger charge is -2.35. The van der Waals surface area contributed by atoms with Crippen LogP contribution in [0.3, 0.4) is 0 Å². The zero-order valence-electron chi connectivity index (χ0n) is 36.7. The van der Waals surface area contributed by atoms with Crippen molar-refractivity contribution in [1.82, 2.24) is 34.2 Å². The lowest BCUT2D eigenvalue weighted by molar-refractivity contribution is -0.134. The molecule has 65 heavy (non-hydrogen) atoms. The highest BCUT2D eigenvalue weighted by atomic mass is 35.5. The normalized spacial score (nSPS) is 17.6. The molecule has 2 saturated heterocycles. The number of nitrogens with one attached hydrogen (secondary N) is 1. The van der Waals surface area contributed by atoms with Crippen molar-refractivity contribution in [3.05, 3.63) is 115 Å². The van der Waals surface area contributed by atoms with Crippen molar-refractivity contribution >= 4 is 70.3 Å². The number of carbonyl (C=O) groups is 5. The molecule has 0 bridgehead atoms. The van der Waals surface area contributed by atoms with Gasteiger partial charge in [0.1, 0.15) is 23.6 Å². The average molecular weight is 924 g/mol. The maximum atomic E-state index is 14.6. The Morgan fingerprint density at radius 2 is 1.69 bits per heavy atom. The van der Waals surface area contributed by atoms with Crippen LogP contribution in [-0.2, 0) is 28.0 Å². The van der Waals surface area contributed by atoms with Crippen LogP contribution in [0, 0.1) is 0 Å². The smallest absolute Gasteiger partial charge is 0.279 e. The van der Waals surface area contributed by atoms with Crippen molar-refractivity contribution in [2.24, 2.45) is 7.05 Å². The highest BCUT2D eigenvalue weighted by molar-refractivity contribution is 6.31. The zero-order chi connectivity index (χ0) is 46.4. The van der Waals surface area contributed by atoms with E-state index >= 15 is 0 Å². The number of likely N-dealkylation sites (N-methyl/N-ethyl adjacent to an activating group) is 1. The molecule has 5 amide bonds. The highest BCUT2D eigenvalue weighted by Crippen LogP contribution is 2.45. The van der Waals surface area contributed by atoms with Gasteiger partial charge in [-0.25, -0.2) is 9.97 Å². The first-order chi connectivity index (χ1) is 31.1. The third-order valence-corrected chi connectivity index (χ3v) is 12.7. The van der Waals surface area contributed by atoms with Gasteiger partial charge in [0, 0.05) is 83.7 Å². The Hall–Kier alpha value is -6.56. The van der Waals surface area contributed by atoms with E-state index in [0.29, 0.717) is 90.2 Å². The van der Waals surface area contributed by atoms with Gasteiger partial charge in [-0.3, -0.25) is 43.9 Å². The molecule has 1 N–H and O–H groups in total. The van der Waals surface area contributed by atoms with Crippen molar-refractivity contribution in [1.29, 1.82) is 0 Å². The fraction of sp³-hybridized carbons (Fsp3) is 0.348. The fourth-order valence-electron chi connectivity index (χ4n) is 8.92. The van der Waals surface area contributed by atoms with Crippen LogP contribution in [0.2, 0.25) is 10.0 Å². The average Bonchev–Trinajstić information content (AvgIpc) is 3.82. The SMILES string of the molecule is COc1ncc(C(=O)N2CCN(Cc3ccc(N(C)C4CCC(=O)NC4=O)c(N(C)C=O)c3)CC2)cc1-c1nc2c(n1C(C)C)C(c1ccc(Cl)cc1)N(c1cc(Cl)cn(C)c1=O)C2=O. The minimum Gasteiger partial charge on any atom is -0.480 e. The number of aryl methyl sites for hydroxylation is 1. The van der Waals surface area contributed by atoms with Crippen LogP contribution in [0.4, 0.5) is 17.1 Å². The molecular formula is C46H48Cl2N10O7. The second-order valence-electron chi connectivity index (χ2n) is 16.7. The number of benzene rings is 2. The Labute approximate surface area is 385 Å². The number of piperidine rings is 1. The number of rotatable bonds is 12. The number of hydrogen-bond donors (Lipinski definition) is 1. The fourth-order valence-corrected chi connectivity index (χ4v) is 9.30. The summed E-state index contributed by atoms with van der Waals surface area (Å²) in [6.07, 6.45) is 4.28. The summed E-state index contributed by atoms with van der Waals surface area (Å²) in [6, 6.07) is 14.4. The van der Waals surface area contributed by atoms with E-state index in [1.54, 1.807) is 61.3 Å². The summed E-state index contributed by atoms with van der Waals surface area (Å²) in [5, 5.41) is 3.18. The van der Waals surface area contributed by atoms with Crippen molar-refractivity contribution in [3.8, 4) is 17.3 Å². The largest absolute Gasteiger partial charge is 0.480 e. The Morgan fingerprint density at radius 3 is 2.35 bits per heavy atom. The van der Waals surface area contributed by atoms with Gasteiger partial charge in [-0.2, -0.15) is 0 Å². The number of halogens is 2. The summed E-state index contributed by atoms with van der Waals surface area (Å²) in [6.45, 7) is 6.49. The molecule has 0 aliphatic carbocycles. The number of imidazole rings is 1. The van der Waals surface area contributed by atoms with Crippen LogP contribution in [0.25, 0.3) is 11.4 Å². The molecule has 2 fully saturated rings. The molecule has 338 valence electrons. The number of ether oxygens (including phenoxy) is 1. The number of carbonyl (C=O) groups excluding carboxylic acids is 5. The molecule has 0 radical (unpaired) electrons. The Morgan fingerprint density at radius 1 is 0.969 bits per heavy atom. The Kier molecular flexibility index (Phi) is 12.6. The van der Waals surface area contributed by atoms with Crippen molar-refractivity contribution in [2.75, 3.05) is 62.1 Å². The van der Waals surface area contributed by atoms with Crippen molar-refractivity contribution in [2.45, 2.75) is 51.4 Å². The summed E-state index contributed by atoms with van der Waals surface area (Å²) in [5.41, 5.74) is 4.02. The van der Waals surface area contributed by atoms with Crippen LogP contribution < -0.4 is 30.3 Å².